The second-order valence-corrected chi connectivity index (χ2v) is 3.28. The van der Waals surface area contributed by atoms with E-state index >= 15 is 0 Å². The Bertz CT molecular complexity index is 281. The quantitative estimate of drug-likeness (QED) is 0.814. The highest BCUT2D eigenvalue weighted by molar-refractivity contribution is 9.10. The van der Waals surface area contributed by atoms with Crippen LogP contribution in [0.25, 0.3) is 0 Å². The van der Waals surface area contributed by atoms with Gasteiger partial charge in [-0.2, -0.15) is 0 Å². The van der Waals surface area contributed by atoms with Gasteiger partial charge in [0.05, 0.1) is 19.9 Å². The summed E-state index contributed by atoms with van der Waals surface area (Å²) in [7, 11) is 1.61. The molecule has 0 saturated heterocycles. The molecule has 1 aromatic rings. The van der Waals surface area contributed by atoms with Gasteiger partial charge in [-0.1, -0.05) is 0 Å². The molecule has 0 aliphatic heterocycles. The summed E-state index contributed by atoms with van der Waals surface area (Å²) in [6.45, 7) is 0.457. The molecule has 0 bridgehead atoms. The molecule has 1 heterocycles. The predicted molar refractivity (Wildman–Crippen MR) is 52.3 cm³/mol. The molecule has 0 aliphatic carbocycles. The minimum Gasteiger partial charge on any atom is -0.495 e. The fourth-order valence-electron chi connectivity index (χ4n) is 1.02. The van der Waals surface area contributed by atoms with Gasteiger partial charge in [-0.3, -0.25) is 4.98 Å². The average Bonchev–Trinajstić information content (AvgIpc) is 2.15. The molecule has 0 amide bonds. The van der Waals surface area contributed by atoms with Crippen molar-refractivity contribution in [3.8, 4) is 5.75 Å². The van der Waals surface area contributed by atoms with Crippen molar-refractivity contribution >= 4 is 15.9 Å². The summed E-state index contributed by atoms with van der Waals surface area (Å²) in [5.41, 5.74) is 1.02. The largest absolute Gasteiger partial charge is 0.495 e. The first-order valence-corrected chi connectivity index (χ1v) is 4.57. The number of hydrogen-bond acceptors (Lipinski definition) is 4. The van der Waals surface area contributed by atoms with Crippen molar-refractivity contribution in [2.24, 2.45) is 5.90 Å². The maximum atomic E-state index is 5.13. The lowest BCUT2D eigenvalue weighted by atomic mass is 10.2. The van der Waals surface area contributed by atoms with Crippen molar-refractivity contribution in [1.82, 2.24) is 4.98 Å². The van der Waals surface area contributed by atoms with Gasteiger partial charge in [0.15, 0.2) is 0 Å². The Labute approximate surface area is 85.1 Å². The molecule has 0 unspecified atom stereocenters. The molecular weight excluding hydrogens is 236 g/mol. The summed E-state index contributed by atoms with van der Waals surface area (Å²) in [4.78, 5) is 8.48. The molecule has 1 rings (SSSR count). The molecular formula is C8H11BrN2O2. The predicted octanol–water partition coefficient (Wildman–Crippen LogP) is 1.29. The van der Waals surface area contributed by atoms with E-state index in [1.807, 2.05) is 0 Å². The molecule has 2 N–H and O–H groups in total. The maximum absolute atomic E-state index is 5.13. The number of rotatable bonds is 4. The van der Waals surface area contributed by atoms with Crippen LogP contribution in [0.5, 0.6) is 5.75 Å². The van der Waals surface area contributed by atoms with Gasteiger partial charge in [0, 0.05) is 22.7 Å². The first-order valence-electron chi connectivity index (χ1n) is 3.77. The lowest BCUT2D eigenvalue weighted by molar-refractivity contribution is 0.140. The zero-order chi connectivity index (χ0) is 9.68. The van der Waals surface area contributed by atoms with Gasteiger partial charge in [-0.05, 0) is 15.9 Å². The van der Waals surface area contributed by atoms with Crippen LogP contribution >= 0.6 is 15.9 Å². The Morgan fingerprint density at radius 3 is 2.92 bits per heavy atom. The third-order valence-corrected chi connectivity index (χ3v) is 2.34. The van der Waals surface area contributed by atoms with Gasteiger partial charge < -0.3 is 9.57 Å². The fraction of sp³-hybridized carbons (Fsp3) is 0.375. The van der Waals surface area contributed by atoms with Crippen molar-refractivity contribution in [1.29, 1.82) is 0 Å². The van der Waals surface area contributed by atoms with Gasteiger partial charge in [-0.25, -0.2) is 5.90 Å². The zero-order valence-corrected chi connectivity index (χ0v) is 8.87. The summed E-state index contributed by atoms with van der Waals surface area (Å²) in [6, 6.07) is 0. The van der Waals surface area contributed by atoms with E-state index in [4.69, 9.17) is 10.6 Å². The summed E-state index contributed by atoms with van der Waals surface area (Å²) in [6.07, 6.45) is 4.08. The fourth-order valence-corrected chi connectivity index (χ4v) is 1.54. The lowest BCUT2D eigenvalue weighted by Gasteiger charge is -2.08. The van der Waals surface area contributed by atoms with Crippen molar-refractivity contribution < 1.29 is 9.57 Å². The summed E-state index contributed by atoms with van der Waals surface area (Å²) in [5.74, 6) is 5.69. The van der Waals surface area contributed by atoms with E-state index in [0.717, 1.165) is 15.8 Å². The van der Waals surface area contributed by atoms with Gasteiger partial charge in [0.25, 0.3) is 0 Å². The van der Waals surface area contributed by atoms with E-state index in [1.165, 1.54) is 0 Å². The third-order valence-electron chi connectivity index (χ3n) is 1.66. The maximum Gasteiger partial charge on any atom is 0.141 e. The Morgan fingerprint density at radius 2 is 2.31 bits per heavy atom. The molecule has 1 aromatic heterocycles. The number of ether oxygens (including phenoxy) is 1. The molecule has 4 nitrogen and oxygen atoms in total. The Balaban J connectivity index is 2.87. The Hall–Kier alpha value is -0.650. The molecule has 5 heteroatoms. The SMILES string of the molecule is COc1cncc(Br)c1CCON. The normalized spacial score (nSPS) is 10.1. The molecule has 0 atom stereocenters. The van der Waals surface area contributed by atoms with Crippen LogP contribution in [-0.2, 0) is 11.3 Å². The lowest BCUT2D eigenvalue weighted by Crippen LogP contribution is -2.05. The number of halogens is 1. The smallest absolute Gasteiger partial charge is 0.141 e. The molecule has 0 spiro atoms. The van der Waals surface area contributed by atoms with Crippen molar-refractivity contribution in [3.05, 3.63) is 22.4 Å². The first-order chi connectivity index (χ1) is 6.29. The summed E-state index contributed by atoms with van der Waals surface area (Å²) in [5, 5.41) is 0. The first kappa shape index (κ1) is 10.4. The van der Waals surface area contributed by atoms with E-state index in [2.05, 4.69) is 25.8 Å². The van der Waals surface area contributed by atoms with Crippen molar-refractivity contribution in [2.45, 2.75) is 6.42 Å². The van der Waals surface area contributed by atoms with Crippen LogP contribution in [0.2, 0.25) is 0 Å². The number of nitrogens with two attached hydrogens (primary N) is 1. The van der Waals surface area contributed by atoms with Crippen LogP contribution in [0.15, 0.2) is 16.9 Å². The van der Waals surface area contributed by atoms with Crippen LogP contribution in [0, 0.1) is 0 Å². The standard InChI is InChI=1S/C8H11BrN2O2/c1-12-8-5-11-4-7(9)6(8)2-3-13-10/h4-5H,2-3,10H2,1H3. The zero-order valence-electron chi connectivity index (χ0n) is 7.29. The molecule has 72 valence electrons. The molecule has 0 radical (unpaired) electrons. The Morgan fingerprint density at radius 1 is 1.54 bits per heavy atom. The summed E-state index contributed by atoms with van der Waals surface area (Å²) < 4.78 is 6.04. The van der Waals surface area contributed by atoms with E-state index < -0.39 is 0 Å². The highest BCUT2D eigenvalue weighted by Gasteiger charge is 2.06. The van der Waals surface area contributed by atoms with E-state index in [-0.39, 0.29) is 0 Å². The molecule has 0 saturated carbocycles. The highest BCUT2D eigenvalue weighted by atomic mass is 79.9. The minimum absolute atomic E-state index is 0.457. The van der Waals surface area contributed by atoms with Crippen LogP contribution in [-0.4, -0.2) is 18.7 Å². The highest BCUT2D eigenvalue weighted by Crippen LogP contribution is 2.25. The van der Waals surface area contributed by atoms with Crippen LogP contribution < -0.4 is 10.6 Å². The number of hydrogen-bond donors (Lipinski definition) is 1. The number of pyridine rings is 1. The van der Waals surface area contributed by atoms with Gasteiger partial charge >= 0.3 is 0 Å². The second-order valence-electron chi connectivity index (χ2n) is 2.42. The molecule has 0 aromatic carbocycles. The van der Waals surface area contributed by atoms with Crippen molar-refractivity contribution in [3.63, 3.8) is 0 Å². The van der Waals surface area contributed by atoms with Crippen molar-refractivity contribution in [2.75, 3.05) is 13.7 Å². The second kappa shape index (κ2) is 5.16. The number of nitrogens with zero attached hydrogens (tertiary/aromatic N) is 1. The van der Waals surface area contributed by atoms with Gasteiger partial charge in [-0.15, -0.1) is 0 Å². The Kier molecular flexibility index (Phi) is 4.14. The molecule has 13 heavy (non-hydrogen) atoms. The van der Waals surface area contributed by atoms with Crippen LogP contribution in [0.4, 0.5) is 0 Å². The van der Waals surface area contributed by atoms with Gasteiger partial charge in [0.1, 0.15) is 5.75 Å². The average molecular weight is 247 g/mol. The van der Waals surface area contributed by atoms with Crippen LogP contribution in [0.3, 0.4) is 0 Å². The number of aromatic nitrogens is 1. The topological polar surface area (TPSA) is 57.4 Å². The van der Waals surface area contributed by atoms with Gasteiger partial charge in [0.2, 0.25) is 0 Å². The van der Waals surface area contributed by atoms with E-state index in [0.29, 0.717) is 13.0 Å². The van der Waals surface area contributed by atoms with Crippen LogP contribution in [0.1, 0.15) is 5.56 Å². The molecule has 0 aliphatic rings. The molecule has 0 fully saturated rings. The number of methoxy groups -OCH3 is 1. The minimum atomic E-state index is 0.457. The monoisotopic (exact) mass is 246 g/mol. The third kappa shape index (κ3) is 2.65. The van der Waals surface area contributed by atoms with E-state index in [1.54, 1.807) is 19.5 Å². The van der Waals surface area contributed by atoms with E-state index in [9.17, 15) is 0 Å². The summed E-state index contributed by atoms with van der Waals surface area (Å²) >= 11 is 3.38.